The summed E-state index contributed by atoms with van der Waals surface area (Å²) in [6.45, 7) is 0. The maximum absolute atomic E-state index is 8.75. The van der Waals surface area contributed by atoms with Crippen molar-refractivity contribution in [3.8, 4) is 24.3 Å². The molecule has 0 radical (unpaired) electrons. The first-order valence-corrected chi connectivity index (χ1v) is 3.81. The van der Waals surface area contributed by atoms with Gasteiger partial charge in [-0.1, -0.05) is 0 Å². The third kappa shape index (κ3) is 1.20. The molecule has 13 heavy (non-hydrogen) atoms. The second-order valence-electron chi connectivity index (χ2n) is 3.29. The van der Waals surface area contributed by atoms with Gasteiger partial charge in [0.25, 0.3) is 0 Å². The number of nitrogens with zero attached hydrogens (tertiary/aromatic N) is 4. The van der Waals surface area contributed by atoms with Crippen molar-refractivity contribution in [2.24, 2.45) is 10.8 Å². The molecule has 4 heteroatoms. The van der Waals surface area contributed by atoms with Crippen LogP contribution in [0.15, 0.2) is 0 Å². The van der Waals surface area contributed by atoms with E-state index in [-0.39, 0.29) is 6.42 Å². The molecular formula is C9H6N4. The van der Waals surface area contributed by atoms with Crippen molar-refractivity contribution in [3.05, 3.63) is 0 Å². The maximum Gasteiger partial charge on any atom is 0.146 e. The lowest BCUT2D eigenvalue weighted by molar-refractivity contribution is 0.479. The quantitative estimate of drug-likeness (QED) is 0.546. The van der Waals surface area contributed by atoms with E-state index in [1.165, 1.54) is 0 Å². The summed E-state index contributed by atoms with van der Waals surface area (Å²) in [5, 5.41) is 35.0. The van der Waals surface area contributed by atoms with Crippen LogP contribution in [-0.4, -0.2) is 0 Å². The van der Waals surface area contributed by atoms with Gasteiger partial charge in [0, 0.05) is 6.42 Å². The zero-order valence-electron chi connectivity index (χ0n) is 6.91. The highest BCUT2D eigenvalue weighted by molar-refractivity contribution is 5.28. The van der Waals surface area contributed by atoms with Gasteiger partial charge in [-0.2, -0.15) is 21.0 Å². The summed E-state index contributed by atoms with van der Waals surface area (Å²) < 4.78 is 0. The summed E-state index contributed by atoms with van der Waals surface area (Å²) in [4.78, 5) is 0. The number of hydrogen-bond acceptors (Lipinski definition) is 4. The van der Waals surface area contributed by atoms with Crippen molar-refractivity contribution in [1.82, 2.24) is 0 Å². The van der Waals surface area contributed by atoms with Crippen LogP contribution in [0, 0.1) is 56.2 Å². The summed E-state index contributed by atoms with van der Waals surface area (Å²) in [6.07, 6.45) is 0.697. The van der Waals surface area contributed by atoms with E-state index < -0.39 is 10.8 Å². The van der Waals surface area contributed by atoms with Gasteiger partial charge in [0.1, 0.15) is 10.8 Å². The number of nitriles is 4. The third-order valence-corrected chi connectivity index (χ3v) is 2.44. The number of rotatable bonds is 0. The van der Waals surface area contributed by atoms with E-state index in [4.69, 9.17) is 21.0 Å². The third-order valence-electron chi connectivity index (χ3n) is 2.44. The highest BCUT2D eigenvalue weighted by Crippen LogP contribution is 2.48. The van der Waals surface area contributed by atoms with Gasteiger partial charge < -0.3 is 0 Å². The van der Waals surface area contributed by atoms with Crippen LogP contribution in [0.25, 0.3) is 0 Å². The first-order valence-electron chi connectivity index (χ1n) is 3.81. The number of hydrogen-bond donors (Lipinski definition) is 0. The molecule has 0 bridgehead atoms. The second-order valence-corrected chi connectivity index (χ2v) is 3.29. The van der Waals surface area contributed by atoms with Crippen LogP contribution < -0.4 is 0 Å². The smallest absolute Gasteiger partial charge is 0.146 e. The summed E-state index contributed by atoms with van der Waals surface area (Å²) in [6, 6.07) is 7.55. The minimum Gasteiger partial charge on any atom is -0.197 e. The maximum atomic E-state index is 8.75. The van der Waals surface area contributed by atoms with E-state index in [1.54, 1.807) is 0 Å². The first-order chi connectivity index (χ1) is 6.16. The summed E-state index contributed by atoms with van der Waals surface area (Å²) >= 11 is 0. The molecule has 0 aromatic carbocycles. The molecule has 1 saturated carbocycles. The average Bonchev–Trinajstić information content (AvgIpc) is 2.59. The van der Waals surface area contributed by atoms with Crippen LogP contribution in [0.3, 0.4) is 0 Å². The Labute approximate surface area is 76.2 Å². The molecule has 0 heterocycles. The normalized spacial score (nSPS) is 21.8. The topological polar surface area (TPSA) is 95.2 Å². The molecule has 4 nitrogen and oxygen atoms in total. The first kappa shape index (κ1) is 9.05. The highest BCUT2D eigenvalue weighted by Gasteiger charge is 2.50. The van der Waals surface area contributed by atoms with Crippen LogP contribution in [0.1, 0.15) is 19.3 Å². The monoisotopic (exact) mass is 170 g/mol. The Kier molecular flexibility index (Phi) is 1.94. The molecule has 1 aliphatic rings. The molecule has 62 valence electrons. The van der Waals surface area contributed by atoms with Crippen molar-refractivity contribution < 1.29 is 0 Å². The van der Waals surface area contributed by atoms with E-state index in [1.807, 2.05) is 24.3 Å². The van der Waals surface area contributed by atoms with Crippen molar-refractivity contribution in [2.45, 2.75) is 19.3 Å². The molecule has 0 amide bonds. The lowest BCUT2D eigenvalue weighted by Crippen LogP contribution is -2.16. The predicted octanol–water partition coefficient (Wildman–Crippen LogP) is 1.24. The molecule has 0 aromatic rings. The summed E-state index contributed by atoms with van der Waals surface area (Å²) in [5.74, 6) is 0. The van der Waals surface area contributed by atoms with Gasteiger partial charge in [0.15, 0.2) is 0 Å². The molecule has 1 aliphatic carbocycles. The zero-order valence-corrected chi connectivity index (χ0v) is 6.91. The predicted molar refractivity (Wildman–Crippen MR) is 41.2 cm³/mol. The average molecular weight is 170 g/mol. The molecule has 0 spiro atoms. The lowest BCUT2D eigenvalue weighted by Gasteiger charge is -2.11. The Bertz CT molecular complexity index is 316. The lowest BCUT2D eigenvalue weighted by atomic mass is 9.83. The minimum atomic E-state index is -1.12. The van der Waals surface area contributed by atoms with Crippen molar-refractivity contribution >= 4 is 0 Å². The molecule has 0 atom stereocenters. The van der Waals surface area contributed by atoms with E-state index in [2.05, 4.69) is 0 Å². The Hall–Kier alpha value is -2.04. The molecule has 0 saturated heterocycles. The van der Waals surface area contributed by atoms with Gasteiger partial charge >= 0.3 is 0 Å². The van der Waals surface area contributed by atoms with Crippen molar-refractivity contribution in [1.29, 1.82) is 21.0 Å². The summed E-state index contributed by atoms with van der Waals surface area (Å²) in [7, 11) is 0. The van der Waals surface area contributed by atoms with Crippen LogP contribution in [0.5, 0.6) is 0 Å². The van der Waals surface area contributed by atoms with Gasteiger partial charge in [0.2, 0.25) is 0 Å². The Morgan fingerprint density at radius 3 is 1.15 bits per heavy atom. The molecule has 1 fully saturated rings. The SMILES string of the molecule is N#CC1(C#N)CCC(C#N)(C#N)C1. The standard InChI is InChI=1S/C9H6N4/c10-4-8(5-11)1-2-9(3-8,6-12)7-13/h1-3H2. The van der Waals surface area contributed by atoms with Crippen LogP contribution in [-0.2, 0) is 0 Å². The van der Waals surface area contributed by atoms with Crippen molar-refractivity contribution in [2.75, 3.05) is 0 Å². The van der Waals surface area contributed by atoms with Gasteiger partial charge in [0.05, 0.1) is 24.3 Å². The van der Waals surface area contributed by atoms with E-state index >= 15 is 0 Å². The summed E-state index contributed by atoms with van der Waals surface area (Å²) in [5.41, 5.74) is -2.24. The Balaban J connectivity index is 3.02. The van der Waals surface area contributed by atoms with Crippen LogP contribution in [0.2, 0.25) is 0 Å². The highest BCUT2D eigenvalue weighted by atomic mass is 14.5. The van der Waals surface area contributed by atoms with Crippen LogP contribution >= 0.6 is 0 Å². The largest absolute Gasteiger partial charge is 0.197 e. The van der Waals surface area contributed by atoms with Gasteiger partial charge in [-0.15, -0.1) is 0 Å². The fourth-order valence-electron chi connectivity index (χ4n) is 1.55. The van der Waals surface area contributed by atoms with E-state index in [0.29, 0.717) is 12.8 Å². The van der Waals surface area contributed by atoms with Crippen molar-refractivity contribution in [3.63, 3.8) is 0 Å². The van der Waals surface area contributed by atoms with E-state index in [0.717, 1.165) is 0 Å². The molecule has 0 unspecified atom stereocenters. The fourth-order valence-corrected chi connectivity index (χ4v) is 1.55. The zero-order chi connectivity index (χ0) is 9.95. The van der Waals surface area contributed by atoms with Crippen LogP contribution in [0.4, 0.5) is 0 Å². The molecule has 0 N–H and O–H groups in total. The Morgan fingerprint density at radius 1 is 0.692 bits per heavy atom. The molecular weight excluding hydrogens is 164 g/mol. The van der Waals surface area contributed by atoms with Gasteiger partial charge in [-0.25, -0.2) is 0 Å². The minimum absolute atomic E-state index is 0.0556. The molecule has 0 aromatic heterocycles. The van der Waals surface area contributed by atoms with E-state index in [9.17, 15) is 0 Å². The second kappa shape index (κ2) is 2.78. The Morgan fingerprint density at radius 2 is 1.00 bits per heavy atom. The van der Waals surface area contributed by atoms with Gasteiger partial charge in [-0.05, 0) is 12.8 Å². The fraction of sp³-hybridized carbons (Fsp3) is 0.556. The van der Waals surface area contributed by atoms with Gasteiger partial charge in [-0.3, -0.25) is 0 Å². The molecule has 1 rings (SSSR count). The molecule has 0 aliphatic heterocycles.